The molecule has 30 heavy (non-hydrogen) atoms. The number of methoxy groups -OCH3 is 1. The number of nitrogens with zero attached hydrogens (tertiary/aromatic N) is 2. The maximum absolute atomic E-state index is 13.6. The third kappa shape index (κ3) is 3.19. The average molecular weight is 424 g/mol. The number of hydrogen-bond donors (Lipinski definition) is 1. The molecular formula is C22H20N2O5S. The largest absolute Gasteiger partial charge is 0.496 e. The number of aliphatic carboxylic acids is 1. The van der Waals surface area contributed by atoms with Crippen molar-refractivity contribution in [3.05, 3.63) is 69.8 Å². The van der Waals surface area contributed by atoms with Crippen molar-refractivity contribution in [2.75, 3.05) is 7.11 Å². The van der Waals surface area contributed by atoms with Crippen LogP contribution in [0.4, 0.5) is 0 Å². The number of rotatable bonds is 6. The topological polar surface area (TPSA) is 94.6 Å². The van der Waals surface area contributed by atoms with Crippen LogP contribution >= 0.6 is 11.3 Å². The van der Waals surface area contributed by atoms with Gasteiger partial charge in [0.05, 0.1) is 18.8 Å². The van der Waals surface area contributed by atoms with Gasteiger partial charge in [0.2, 0.25) is 0 Å². The molecule has 0 bridgehead atoms. The van der Waals surface area contributed by atoms with Crippen LogP contribution in [0.2, 0.25) is 0 Å². The lowest BCUT2D eigenvalue weighted by Crippen LogP contribution is -2.45. The van der Waals surface area contributed by atoms with Gasteiger partial charge >= 0.3 is 5.97 Å². The molecule has 0 saturated carbocycles. The maximum atomic E-state index is 13.6. The van der Waals surface area contributed by atoms with Crippen molar-refractivity contribution in [1.29, 1.82) is 0 Å². The number of fused-ring (bicyclic) bond motifs is 1. The minimum Gasteiger partial charge on any atom is -0.496 e. The summed E-state index contributed by atoms with van der Waals surface area (Å²) in [6, 6.07) is 10.9. The Morgan fingerprint density at radius 2 is 2.03 bits per heavy atom. The van der Waals surface area contributed by atoms with Crippen molar-refractivity contribution in [3.63, 3.8) is 0 Å². The Hall–Kier alpha value is -3.39. The lowest BCUT2D eigenvalue weighted by atomic mass is 10.0. The zero-order chi connectivity index (χ0) is 21.5. The molecule has 3 heterocycles. The molecule has 0 aliphatic carbocycles. The standard InChI is InChI=1S/C22H20N2O5S/c1-22(2,21(26)27)24-17(11-13-7-4-5-8-15(13)28-3)23-19-18(20(24)25)14(12-30-19)16-9-6-10-29-16/h4-10,12H,11H2,1-3H3,(H,26,27). The molecule has 8 heteroatoms. The van der Waals surface area contributed by atoms with Crippen LogP contribution in [0, 0.1) is 0 Å². The quantitative estimate of drug-likeness (QED) is 0.500. The van der Waals surface area contributed by atoms with Crippen LogP contribution in [-0.4, -0.2) is 27.7 Å². The number of thiophene rings is 1. The van der Waals surface area contributed by atoms with E-state index in [9.17, 15) is 14.7 Å². The highest BCUT2D eigenvalue weighted by Gasteiger charge is 2.34. The first-order chi connectivity index (χ1) is 14.3. The zero-order valence-electron chi connectivity index (χ0n) is 16.7. The third-order valence-electron chi connectivity index (χ3n) is 5.09. The van der Waals surface area contributed by atoms with E-state index in [1.54, 1.807) is 19.2 Å². The Labute approximate surface area is 176 Å². The Morgan fingerprint density at radius 1 is 1.27 bits per heavy atom. The highest BCUT2D eigenvalue weighted by molar-refractivity contribution is 7.17. The summed E-state index contributed by atoms with van der Waals surface area (Å²) in [5.41, 5.74) is -0.497. The van der Waals surface area contributed by atoms with E-state index < -0.39 is 17.1 Å². The molecule has 154 valence electrons. The van der Waals surface area contributed by atoms with Crippen molar-refractivity contribution >= 4 is 27.5 Å². The van der Waals surface area contributed by atoms with Crippen LogP contribution < -0.4 is 10.3 Å². The van der Waals surface area contributed by atoms with Crippen LogP contribution in [-0.2, 0) is 16.8 Å². The first-order valence-corrected chi connectivity index (χ1v) is 10.2. The van der Waals surface area contributed by atoms with Crippen molar-refractivity contribution in [1.82, 2.24) is 9.55 Å². The first kappa shape index (κ1) is 19.9. The average Bonchev–Trinajstić information content (AvgIpc) is 3.37. The van der Waals surface area contributed by atoms with Crippen molar-refractivity contribution in [2.24, 2.45) is 0 Å². The Balaban J connectivity index is 2.00. The molecule has 3 aromatic heterocycles. The van der Waals surface area contributed by atoms with Gasteiger partial charge in [-0.25, -0.2) is 9.78 Å². The number of carboxylic acids is 1. The summed E-state index contributed by atoms with van der Waals surface area (Å²) in [5.74, 6) is 0.422. The summed E-state index contributed by atoms with van der Waals surface area (Å²) in [4.78, 5) is 30.9. The summed E-state index contributed by atoms with van der Waals surface area (Å²) in [6.07, 6.45) is 1.78. The molecule has 0 fully saturated rings. The van der Waals surface area contributed by atoms with E-state index in [1.165, 1.54) is 36.0 Å². The van der Waals surface area contributed by atoms with Crippen molar-refractivity contribution in [2.45, 2.75) is 25.8 Å². The molecule has 0 unspecified atom stereocenters. The number of carbonyl (C=O) groups is 1. The minimum atomic E-state index is -1.50. The lowest BCUT2D eigenvalue weighted by molar-refractivity contribution is -0.146. The summed E-state index contributed by atoms with van der Waals surface area (Å²) in [5, 5.41) is 12.0. The van der Waals surface area contributed by atoms with Gasteiger partial charge in [-0.3, -0.25) is 9.36 Å². The fourth-order valence-electron chi connectivity index (χ4n) is 3.46. The molecule has 1 N–H and O–H groups in total. The van der Waals surface area contributed by atoms with Gasteiger partial charge in [0.25, 0.3) is 5.56 Å². The molecule has 0 aliphatic rings. The van der Waals surface area contributed by atoms with Crippen molar-refractivity contribution in [3.8, 4) is 17.1 Å². The molecular weight excluding hydrogens is 404 g/mol. The first-order valence-electron chi connectivity index (χ1n) is 9.27. The molecule has 0 saturated heterocycles. The van der Waals surface area contributed by atoms with Gasteiger partial charge in [-0.2, -0.15) is 0 Å². The van der Waals surface area contributed by atoms with Gasteiger partial charge < -0.3 is 14.3 Å². The van der Waals surface area contributed by atoms with Crippen LogP contribution in [0.5, 0.6) is 5.75 Å². The second kappa shape index (κ2) is 7.46. The molecule has 0 radical (unpaired) electrons. The van der Waals surface area contributed by atoms with Gasteiger partial charge in [-0.05, 0) is 32.0 Å². The van der Waals surface area contributed by atoms with Crippen LogP contribution in [0.25, 0.3) is 21.5 Å². The molecule has 4 rings (SSSR count). The number of ether oxygens (including phenoxy) is 1. The Morgan fingerprint density at radius 3 is 2.70 bits per heavy atom. The number of benzene rings is 1. The number of hydrogen-bond acceptors (Lipinski definition) is 6. The SMILES string of the molecule is COc1ccccc1Cc1nc2scc(-c3ccco3)c2c(=O)n1C(C)(C)C(=O)O. The number of para-hydroxylation sites is 1. The van der Waals surface area contributed by atoms with Gasteiger partial charge in [0.15, 0.2) is 0 Å². The third-order valence-corrected chi connectivity index (χ3v) is 5.96. The van der Waals surface area contributed by atoms with E-state index in [2.05, 4.69) is 0 Å². The van der Waals surface area contributed by atoms with Crippen molar-refractivity contribution < 1.29 is 19.1 Å². The molecule has 0 atom stereocenters. The van der Waals surface area contributed by atoms with Crippen LogP contribution in [0.15, 0.2) is 57.3 Å². The minimum absolute atomic E-state index is 0.250. The van der Waals surface area contributed by atoms with E-state index in [4.69, 9.17) is 14.1 Å². The fourth-order valence-corrected chi connectivity index (χ4v) is 4.39. The maximum Gasteiger partial charge on any atom is 0.329 e. The van der Waals surface area contributed by atoms with E-state index in [0.717, 1.165) is 5.56 Å². The summed E-state index contributed by atoms with van der Waals surface area (Å²) >= 11 is 1.33. The van der Waals surface area contributed by atoms with Crippen LogP contribution in [0.3, 0.4) is 0 Å². The second-order valence-electron chi connectivity index (χ2n) is 7.33. The molecule has 0 amide bonds. The van der Waals surface area contributed by atoms with Gasteiger partial charge in [-0.1, -0.05) is 18.2 Å². The van der Waals surface area contributed by atoms with Gasteiger partial charge in [-0.15, -0.1) is 11.3 Å². The zero-order valence-corrected chi connectivity index (χ0v) is 17.5. The molecule has 7 nitrogen and oxygen atoms in total. The second-order valence-corrected chi connectivity index (χ2v) is 8.19. The normalized spacial score (nSPS) is 11.7. The predicted molar refractivity (Wildman–Crippen MR) is 114 cm³/mol. The van der Waals surface area contributed by atoms with Gasteiger partial charge in [0.1, 0.15) is 27.7 Å². The van der Waals surface area contributed by atoms with Crippen LogP contribution in [0.1, 0.15) is 25.2 Å². The van der Waals surface area contributed by atoms with E-state index in [1.807, 2.05) is 29.6 Å². The highest BCUT2D eigenvalue weighted by atomic mass is 32.1. The highest BCUT2D eigenvalue weighted by Crippen LogP contribution is 2.33. The van der Waals surface area contributed by atoms with E-state index in [0.29, 0.717) is 33.1 Å². The predicted octanol–water partition coefficient (Wildman–Crippen LogP) is 4.14. The van der Waals surface area contributed by atoms with E-state index in [-0.39, 0.29) is 6.42 Å². The summed E-state index contributed by atoms with van der Waals surface area (Å²) in [7, 11) is 1.57. The lowest BCUT2D eigenvalue weighted by Gasteiger charge is -2.26. The number of aromatic nitrogens is 2. The summed E-state index contributed by atoms with van der Waals surface area (Å²) in [6.45, 7) is 2.99. The molecule has 0 spiro atoms. The monoisotopic (exact) mass is 424 g/mol. The fraction of sp³-hybridized carbons (Fsp3) is 0.227. The number of carboxylic acid groups (broad SMARTS) is 1. The molecule has 1 aromatic carbocycles. The molecule has 4 aromatic rings. The van der Waals surface area contributed by atoms with Gasteiger partial charge in [0, 0.05) is 22.9 Å². The smallest absolute Gasteiger partial charge is 0.329 e. The Bertz CT molecular complexity index is 1280. The Kier molecular flexibility index (Phi) is 4.95. The summed E-state index contributed by atoms with van der Waals surface area (Å²) < 4.78 is 12.2. The number of furan rings is 1. The van der Waals surface area contributed by atoms with E-state index >= 15 is 0 Å². The molecule has 0 aliphatic heterocycles.